The number of ether oxygens (including phenoxy) is 1. The lowest BCUT2D eigenvalue weighted by molar-refractivity contribution is -0.689. The maximum atomic E-state index is 15.1. The van der Waals surface area contributed by atoms with Crippen LogP contribution in [0.1, 0.15) is 59.1 Å². The number of carbonyl (C=O) groups excluding carboxylic acids is 1. The van der Waals surface area contributed by atoms with Gasteiger partial charge in [0.2, 0.25) is 6.20 Å². The van der Waals surface area contributed by atoms with E-state index >= 15 is 4.39 Å². The molecule has 0 N–H and O–H groups in total. The number of hydrogen-bond acceptors (Lipinski definition) is 2. The number of halogens is 1. The summed E-state index contributed by atoms with van der Waals surface area (Å²) in [5.74, 6) is -0.247. The second-order valence-corrected chi connectivity index (χ2v) is 10.3. The second kappa shape index (κ2) is 8.81. The average Bonchev–Trinajstić information content (AvgIpc) is 2.66. The fourth-order valence-corrected chi connectivity index (χ4v) is 3.91. The van der Waals surface area contributed by atoms with E-state index in [4.69, 9.17) is 4.74 Å². The fraction of sp³-hybridized carbons (Fsp3) is 0.462. The average molecular weight is 426 g/mol. The summed E-state index contributed by atoms with van der Waals surface area (Å²) in [4.78, 5) is 14.6. The molecule has 0 radical (unpaired) electrons. The van der Waals surface area contributed by atoms with Crippen molar-refractivity contribution in [3.05, 3.63) is 71.8 Å². The molecule has 1 aromatic carbocycles. The minimum Gasteiger partial charge on any atom is -0.444 e. The van der Waals surface area contributed by atoms with Gasteiger partial charge in [-0.05, 0) is 38.2 Å². The topological polar surface area (TPSA) is 33.4 Å². The molecule has 2 heterocycles. The second-order valence-electron chi connectivity index (χ2n) is 10.3. The number of rotatable bonds is 3. The Labute approximate surface area is 185 Å². The number of benzene rings is 1. The summed E-state index contributed by atoms with van der Waals surface area (Å²) in [6, 6.07) is 11.8. The molecule has 0 saturated carbocycles. The molecule has 4 nitrogen and oxygen atoms in total. The summed E-state index contributed by atoms with van der Waals surface area (Å²) in [6.07, 6.45) is 5.68. The van der Waals surface area contributed by atoms with E-state index in [9.17, 15) is 4.79 Å². The van der Waals surface area contributed by atoms with Crippen LogP contribution in [0.3, 0.4) is 0 Å². The van der Waals surface area contributed by atoms with Crippen LogP contribution in [0.25, 0.3) is 5.57 Å². The van der Waals surface area contributed by atoms with Crippen LogP contribution >= 0.6 is 0 Å². The fourth-order valence-electron chi connectivity index (χ4n) is 3.91. The monoisotopic (exact) mass is 425 g/mol. The highest BCUT2D eigenvalue weighted by Crippen LogP contribution is 2.37. The normalized spacial score (nSPS) is 17.3. The van der Waals surface area contributed by atoms with Crippen LogP contribution in [-0.2, 0) is 11.3 Å². The first kappa shape index (κ1) is 23.0. The summed E-state index contributed by atoms with van der Waals surface area (Å²) >= 11 is 0. The molecule has 0 saturated heterocycles. The Morgan fingerprint density at radius 3 is 2.39 bits per heavy atom. The van der Waals surface area contributed by atoms with Crippen LogP contribution in [0.2, 0.25) is 0 Å². The molecule has 31 heavy (non-hydrogen) atoms. The third-order valence-electron chi connectivity index (χ3n) is 5.47. The molecule has 0 spiro atoms. The van der Waals surface area contributed by atoms with Crippen molar-refractivity contribution in [2.45, 2.75) is 66.2 Å². The molecule has 0 fully saturated rings. The highest BCUT2D eigenvalue weighted by molar-refractivity contribution is 5.73. The van der Waals surface area contributed by atoms with Gasteiger partial charge in [0.1, 0.15) is 5.60 Å². The Kier molecular flexibility index (Phi) is 6.54. The minimum atomic E-state index is -0.554. The van der Waals surface area contributed by atoms with Crippen molar-refractivity contribution in [3.63, 3.8) is 0 Å². The van der Waals surface area contributed by atoms with Gasteiger partial charge in [0.05, 0.1) is 0 Å². The maximum Gasteiger partial charge on any atom is 0.410 e. The van der Waals surface area contributed by atoms with Crippen molar-refractivity contribution in [1.82, 2.24) is 4.90 Å². The molecule has 1 amide bonds. The lowest BCUT2D eigenvalue weighted by Gasteiger charge is -2.43. The van der Waals surface area contributed by atoms with E-state index in [1.807, 2.05) is 74.0 Å². The third kappa shape index (κ3) is 5.93. The minimum absolute atomic E-state index is 0.0848. The molecule has 1 aliphatic rings. The third-order valence-corrected chi connectivity index (χ3v) is 5.47. The number of nitrogens with zero attached hydrogens (tertiary/aromatic N) is 2. The summed E-state index contributed by atoms with van der Waals surface area (Å²) < 4.78 is 22.5. The molecule has 0 aliphatic carbocycles. The van der Waals surface area contributed by atoms with Gasteiger partial charge in [0.25, 0.3) is 0 Å². The predicted molar refractivity (Wildman–Crippen MR) is 121 cm³/mol. The van der Waals surface area contributed by atoms with Gasteiger partial charge >= 0.3 is 6.09 Å². The highest BCUT2D eigenvalue weighted by Gasteiger charge is 2.38. The van der Waals surface area contributed by atoms with Crippen LogP contribution in [0.15, 0.2) is 54.9 Å². The Morgan fingerprint density at radius 2 is 1.81 bits per heavy atom. The van der Waals surface area contributed by atoms with Crippen LogP contribution in [0.4, 0.5) is 9.18 Å². The Bertz CT molecular complexity index is 956. The van der Waals surface area contributed by atoms with E-state index in [-0.39, 0.29) is 23.4 Å². The number of pyridine rings is 1. The smallest absolute Gasteiger partial charge is 0.410 e. The zero-order chi connectivity index (χ0) is 22.8. The van der Waals surface area contributed by atoms with Crippen LogP contribution in [-0.4, -0.2) is 29.2 Å². The molecule has 1 atom stereocenters. The molecule has 2 aromatic rings. The largest absolute Gasteiger partial charge is 0.444 e. The van der Waals surface area contributed by atoms with Crippen LogP contribution in [0.5, 0.6) is 0 Å². The molecular formula is C26H34FN2O2+. The van der Waals surface area contributed by atoms with Crippen LogP contribution in [0, 0.1) is 11.2 Å². The van der Waals surface area contributed by atoms with Gasteiger partial charge in [-0.15, -0.1) is 0 Å². The van der Waals surface area contributed by atoms with Crippen molar-refractivity contribution in [3.8, 4) is 0 Å². The van der Waals surface area contributed by atoms with Gasteiger partial charge in [-0.25, -0.2) is 4.79 Å². The molecule has 3 rings (SSSR count). The first-order valence-electron chi connectivity index (χ1n) is 10.9. The van der Waals surface area contributed by atoms with E-state index in [0.29, 0.717) is 25.1 Å². The van der Waals surface area contributed by atoms with Crippen molar-refractivity contribution in [2.24, 2.45) is 5.41 Å². The standard InChI is InChI=1S/C26H34FN2O2/c1-25(2,3)23-16-20(12-15-29(23)24(30)31-26(4,5)6)21-13-14-28(18-22(21)27)17-19-10-8-7-9-11-19/h7-14,18,23H,15-17H2,1-6H3/q+1. The van der Waals surface area contributed by atoms with Gasteiger partial charge in [0.15, 0.2) is 18.6 Å². The quantitative estimate of drug-likeness (QED) is 0.600. The predicted octanol–water partition coefficient (Wildman–Crippen LogP) is 5.60. The highest BCUT2D eigenvalue weighted by atomic mass is 19.1. The molecule has 1 aliphatic heterocycles. The van der Waals surface area contributed by atoms with Gasteiger partial charge in [-0.2, -0.15) is 8.96 Å². The van der Waals surface area contributed by atoms with Gasteiger partial charge in [0, 0.05) is 29.8 Å². The Hall–Kier alpha value is -2.69. The lowest BCUT2D eigenvalue weighted by atomic mass is 9.79. The zero-order valence-corrected chi connectivity index (χ0v) is 19.5. The van der Waals surface area contributed by atoms with Crippen molar-refractivity contribution in [1.29, 1.82) is 0 Å². The molecule has 1 aromatic heterocycles. The number of aromatic nitrogens is 1. The van der Waals surface area contributed by atoms with Crippen molar-refractivity contribution in [2.75, 3.05) is 6.54 Å². The molecule has 1 unspecified atom stereocenters. The number of carbonyl (C=O) groups is 1. The first-order valence-corrected chi connectivity index (χ1v) is 10.9. The van der Waals surface area contributed by atoms with Gasteiger partial charge < -0.3 is 9.64 Å². The van der Waals surface area contributed by atoms with Gasteiger partial charge in [-0.1, -0.05) is 57.2 Å². The molecular weight excluding hydrogens is 391 g/mol. The molecule has 166 valence electrons. The summed E-state index contributed by atoms with van der Waals surface area (Å²) in [7, 11) is 0. The van der Waals surface area contributed by atoms with E-state index in [1.54, 1.807) is 11.1 Å². The Morgan fingerprint density at radius 1 is 1.13 bits per heavy atom. The summed E-state index contributed by atoms with van der Waals surface area (Å²) in [5, 5.41) is 0. The van der Waals surface area contributed by atoms with E-state index in [0.717, 1.165) is 11.1 Å². The number of amides is 1. The summed E-state index contributed by atoms with van der Waals surface area (Å²) in [5.41, 5.74) is 1.93. The van der Waals surface area contributed by atoms with E-state index < -0.39 is 5.60 Å². The molecule has 0 bridgehead atoms. The Balaban J connectivity index is 1.83. The summed E-state index contributed by atoms with van der Waals surface area (Å²) in [6.45, 7) is 12.9. The zero-order valence-electron chi connectivity index (χ0n) is 19.5. The van der Waals surface area contributed by atoms with Gasteiger partial charge in [-0.3, -0.25) is 0 Å². The van der Waals surface area contributed by atoms with E-state index in [2.05, 4.69) is 20.8 Å². The number of hydrogen-bond donors (Lipinski definition) is 0. The lowest BCUT2D eigenvalue weighted by Crippen LogP contribution is -2.51. The van der Waals surface area contributed by atoms with Crippen molar-refractivity contribution < 1.29 is 18.5 Å². The first-order chi connectivity index (χ1) is 14.4. The van der Waals surface area contributed by atoms with E-state index in [1.165, 1.54) is 0 Å². The maximum absolute atomic E-state index is 15.1. The molecule has 5 heteroatoms. The SMILES string of the molecule is CC(C)(C)OC(=O)N1CC=C(c2cc[n+](Cc3ccccc3)cc2F)CC1C(C)(C)C. The van der Waals surface area contributed by atoms with Crippen LogP contribution < -0.4 is 4.57 Å². The van der Waals surface area contributed by atoms with Crippen molar-refractivity contribution >= 4 is 11.7 Å².